The number of H-pyrrole nitrogens is 1. The molecule has 0 spiro atoms. The van der Waals surface area contributed by atoms with Crippen molar-refractivity contribution in [1.29, 1.82) is 0 Å². The number of aromatic amines is 1. The first kappa shape index (κ1) is 88.3. The summed E-state index contributed by atoms with van der Waals surface area (Å²) in [6.07, 6.45) is 2.72. The number of nitrogens with zero attached hydrogens (tertiary/aromatic N) is 2. The van der Waals surface area contributed by atoms with E-state index in [9.17, 15) is 38.1 Å². The largest absolute Gasteiger partial charge is 0.643 e. The Labute approximate surface area is 667 Å². The predicted octanol–water partition coefficient (Wildman–Crippen LogP) is 17.5. The highest BCUT2D eigenvalue weighted by molar-refractivity contribution is 9.11. The van der Waals surface area contributed by atoms with Gasteiger partial charge in [0.25, 0.3) is 16.7 Å². The van der Waals surface area contributed by atoms with Gasteiger partial charge < -0.3 is 59.5 Å². The van der Waals surface area contributed by atoms with E-state index in [1.165, 1.54) is 25.3 Å². The van der Waals surface area contributed by atoms with E-state index < -0.39 is 49.3 Å². The molecule has 2 heterocycles. The summed E-state index contributed by atoms with van der Waals surface area (Å²) in [6.45, 7) is 4.20. The number of aromatic nitrogens is 3. The van der Waals surface area contributed by atoms with Crippen molar-refractivity contribution in [2.75, 3.05) is 41.7 Å². The van der Waals surface area contributed by atoms with Crippen LogP contribution in [0.2, 0.25) is 0 Å². The van der Waals surface area contributed by atoms with Crippen molar-refractivity contribution < 1.29 is 61.3 Å². The first-order valence-corrected chi connectivity index (χ1v) is 43.3. The number of nitrogens with two attached hydrogens (primary N) is 2. The number of hydrogen-bond acceptors (Lipinski definition) is 16. The third kappa shape index (κ3) is 28.4. The summed E-state index contributed by atoms with van der Waals surface area (Å²) in [6, 6.07) is 68.5. The SMILES string of the molecule is CCOP(=O)(OCC)c1cccc(C(N)c2ccc(OC)cc2)c1.COc1ccc(C(=O)c2cccc(Br)c2)cc1.COc1ccc(C(N)c2cccc(Br)c2)cc1.COc1ccc(C(NC(=O)c2cnc(-c3ccccn3)[nH]c2=O)c2cccc(P(=O)(O)O)c2)cc1.O=C(Cl)c1cccc(Br)c1.[Cl][Al]([Cl])[Cl]. The second-order valence-electron chi connectivity index (χ2n) is 22.1. The van der Waals surface area contributed by atoms with Crippen LogP contribution in [-0.4, -0.2) is 94.7 Å². The quantitative estimate of drug-likeness (QED) is 0.0159. The molecule has 8 N–H and O–H groups in total. The maximum absolute atomic E-state index is 13.1. The van der Waals surface area contributed by atoms with Crippen molar-refractivity contribution in [3.63, 3.8) is 0 Å². The molecule has 558 valence electrons. The van der Waals surface area contributed by atoms with Gasteiger partial charge >= 0.3 is 26.6 Å². The highest BCUT2D eigenvalue weighted by atomic mass is 79.9. The van der Waals surface area contributed by atoms with E-state index in [0.29, 0.717) is 57.8 Å². The number of carbonyl (C=O) groups is 3. The molecule has 9 aromatic carbocycles. The summed E-state index contributed by atoms with van der Waals surface area (Å²) in [4.78, 5) is 78.5. The van der Waals surface area contributed by atoms with Gasteiger partial charge in [-0.3, -0.25) is 33.3 Å². The van der Waals surface area contributed by atoms with Crippen molar-refractivity contribution in [2.45, 2.75) is 32.0 Å². The van der Waals surface area contributed by atoms with Gasteiger partial charge in [0.2, 0.25) is 0 Å². The molecule has 11 rings (SSSR count). The first-order chi connectivity index (χ1) is 51.1. The summed E-state index contributed by atoms with van der Waals surface area (Å²) in [5.74, 6) is 2.47. The van der Waals surface area contributed by atoms with E-state index in [1.807, 2.05) is 109 Å². The highest BCUT2D eigenvalue weighted by Gasteiger charge is 2.28. The Morgan fingerprint density at radius 2 is 0.935 bits per heavy atom. The molecular weight excluding hydrogens is 1700 g/mol. The van der Waals surface area contributed by atoms with Crippen LogP contribution in [0.4, 0.5) is 0 Å². The normalized spacial score (nSPS) is 11.5. The molecule has 0 bridgehead atoms. The number of amides is 1. The lowest BCUT2D eigenvalue weighted by molar-refractivity contribution is 0.0940. The molecule has 11 aromatic rings. The van der Waals surface area contributed by atoms with Gasteiger partial charge in [0.05, 0.1) is 70.4 Å². The van der Waals surface area contributed by atoms with Crippen LogP contribution in [-0.2, 0) is 18.2 Å². The lowest BCUT2D eigenvalue weighted by atomic mass is 9.98. The predicted molar refractivity (Wildman–Crippen MR) is 436 cm³/mol. The van der Waals surface area contributed by atoms with Crippen LogP contribution >= 0.6 is 105 Å². The molecule has 3 unspecified atom stereocenters. The second-order valence-corrected chi connectivity index (χ2v) is 35.2. The molecule has 20 nitrogen and oxygen atoms in total. The Kier molecular flexibility index (Phi) is 36.9. The number of halogens is 7. The summed E-state index contributed by atoms with van der Waals surface area (Å²) in [5, 5.41) is 2.67. The number of benzene rings is 9. The Hall–Kier alpha value is -7.63. The van der Waals surface area contributed by atoms with Gasteiger partial charge in [0.1, 0.15) is 34.3 Å². The Morgan fingerprint density at radius 1 is 0.514 bits per heavy atom. The smallest absolute Gasteiger partial charge is 0.497 e. The van der Waals surface area contributed by atoms with Crippen LogP contribution in [0, 0.1) is 0 Å². The second kappa shape index (κ2) is 44.7. The zero-order valence-corrected chi connectivity index (χ0v) is 69.0. The third-order valence-corrected chi connectivity index (χ3v) is 19.8. The molecule has 0 aliphatic heterocycles. The van der Waals surface area contributed by atoms with Gasteiger partial charge in [0, 0.05) is 42.5 Å². The number of carbonyl (C=O) groups excluding carboxylic acids is 3. The fraction of sp³-hybridized carbons (Fsp3) is 0.143. The molecule has 0 fully saturated rings. The average Bonchev–Trinajstić information content (AvgIpc) is 0.804. The molecule has 0 aliphatic rings. The maximum Gasteiger partial charge on any atom is 0.643 e. The summed E-state index contributed by atoms with van der Waals surface area (Å²) < 4.78 is 58.8. The number of ether oxygens (including phenoxy) is 4. The van der Waals surface area contributed by atoms with Gasteiger partial charge in [-0.25, -0.2) is 35.1 Å². The number of methoxy groups -OCH3 is 4. The van der Waals surface area contributed by atoms with Crippen LogP contribution in [0.5, 0.6) is 23.0 Å². The third-order valence-electron chi connectivity index (χ3n) is 15.0. The zero-order chi connectivity index (χ0) is 78.2. The molecule has 0 radical (unpaired) electrons. The number of pyridine rings is 1. The molecule has 1 amide bonds. The summed E-state index contributed by atoms with van der Waals surface area (Å²) in [5.41, 5.74) is 18.9. The zero-order valence-electron chi connectivity index (χ0n) is 58.3. The van der Waals surface area contributed by atoms with Crippen LogP contribution < -0.4 is 51.9 Å². The molecule has 0 saturated heterocycles. The average molecular weight is 1780 g/mol. The molecule has 3 atom stereocenters. The number of ketones is 1. The fourth-order valence-corrected chi connectivity index (χ4v) is 13.3. The van der Waals surface area contributed by atoms with Gasteiger partial charge in [-0.2, -0.15) is 0 Å². The van der Waals surface area contributed by atoms with Gasteiger partial charge in [-0.15, -0.1) is 0 Å². The number of nitrogens with one attached hydrogen (secondary N) is 2. The van der Waals surface area contributed by atoms with Crippen LogP contribution in [0.15, 0.2) is 267 Å². The molecule has 0 aliphatic carbocycles. The Morgan fingerprint density at radius 3 is 1.36 bits per heavy atom. The standard InChI is InChI=1S/C24H21N4O6P.C18H24NO4P.C14H14BrNO.C14H11BrO2.C7H4BrClO.Al.3ClH/c1-34-17-10-8-15(9-11-17)21(16-5-4-6-18(13-16)35(31,32)33)27-23(29)19-14-26-22(28-24(19)30)20-7-2-3-12-25-20;1-4-22-24(20,23-5-2)17-8-6-7-15(13-17)18(19)14-9-11-16(21-3)12-10-14;2*1-17-13-7-5-10(6-8-13)14(16)11-3-2-4-12(15)9-11;8-6-3-1-2-5(4-6)7(9)10;;;;/h2-14,21H,1H3,(H,27,29)(H,26,28,30)(H2,31,32,33);6-13,18H,4-5,19H2,1-3H3;2-9,14H,16H2,1H3;2-9H,1H3;1-4H;;3*1H/q;;;;;+3;;;/p-3. The molecule has 0 saturated carbocycles. The lowest BCUT2D eigenvalue weighted by Crippen LogP contribution is -2.34. The topological polar surface area (TPSA) is 304 Å². The van der Waals surface area contributed by atoms with E-state index in [1.54, 1.807) is 151 Å². The number of rotatable bonds is 22. The summed E-state index contributed by atoms with van der Waals surface area (Å²) in [7, 11) is 13.4. The van der Waals surface area contributed by atoms with Crippen LogP contribution in [0.3, 0.4) is 0 Å². The molecular formula is C77H74AlBr3Cl4N6O14P2. The van der Waals surface area contributed by atoms with Crippen molar-refractivity contribution >= 4 is 144 Å². The molecule has 30 heteroatoms. The highest BCUT2D eigenvalue weighted by Crippen LogP contribution is 2.47. The fourth-order valence-electron chi connectivity index (χ4n) is 9.71. The number of hydrogen-bond donors (Lipinski definition) is 6. The van der Waals surface area contributed by atoms with E-state index >= 15 is 0 Å². The lowest BCUT2D eigenvalue weighted by Gasteiger charge is -2.21. The van der Waals surface area contributed by atoms with Gasteiger partial charge in [-0.05, 0) is 192 Å². The minimum atomic E-state index is -4.53. The maximum atomic E-state index is 13.1. The van der Waals surface area contributed by atoms with Gasteiger partial charge in [0.15, 0.2) is 11.6 Å². The van der Waals surface area contributed by atoms with Crippen molar-refractivity contribution in [3.8, 4) is 34.5 Å². The minimum absolute atomic E-state index is 0.00829. The summed E-state index contributed by atoms with van der Waals surface area (Å²) >= 11 is 13.5. The monoisotopic (exact) mass is 1770 g/mol. The molecule has 107 heavy (non-hydrogen) atoms. The van der Waals surface area contributed by atoms with Crippen molar-refractivity contribution in [3.05, 3.63) is 328 Å². The van der Waals surface area contributed by atoms with Gasteiger partial charge in [-0.1, -0.05) is 151 Å². The van der Waals surface area contributed by atoms with E-state index in [4.69, 9.17) is 81.2 Å². The van der Waals surface area contributed by atoms with Crippen LogP contribution in [0.1, 0.15) is 102 Å². The van der Waals surface area contributed by atoms with E-state index in [0.717, 1.165) is 59.1 Å². The first-order valence-electron chi connectivity index (χ1n) is 32.1. The van der Waals surface area contributed by atoms with E-state index in [2.05, 4.69) is 68.1 Å². The molecule has 2 aromatic heterocycles. The minimum Gasteiger partial charge on any atom is -0.497 e. The Bertz CT molecular complexity index is 4820. The van der Waals surface area contributed by atoms with Crippen LogP contribution in [0.25, 0.3) is 11.5 Å². The van der Waals surface area contributed by atoms with Crippen molar-refractivity contribution in [1.82, 2.24) is 20.3 Å². The Balaban J connectivity index is 0.000000218. The van der Waals surface area contributed by atoms with Crippen molar-refractivity contribution in [2.24, 2.45) is 11.5 Å². The van der Waals surface area contributed by atoms with E-state index in [-0.39, 0.29) is 34.6 Å².